The van der Waals surface area contributed by atoms with Crippen molar-refractivity contribution in [2.75, 3.05) is 5.32 Å². The molecule has 0 fully saturated rings. The van der Waals surface area contributed by atoms with Crippen molar-refractivity contribution in [3.05, 3.63) is 89.6 Å². The first-order valence-electron chi connectivity index (χ1n) is 9.26. The maximum absolute atomic E-state index is 12.6. The summed E-state index contributed by atoms with van der Waals surface area (Å²) < 4.78 is 10.8. The smallest absolute Gasteiger partial charge is 0.253 e. The number of amides is 2. The number of furan rings is 2. The van der Waals surface area contributed by atoms with E-state index in [4.69, 9.17) is 8.83 Å². The highest BCUT2D eigenvalue weighted by Crippen LogP contribution is 2.23. The fourth-order valence-corrected chi connectivity index (χ4v) is 3.16. The van der Waals surface area contributed by atoms with Crippen molar-refractivity contribution in [3.63, 3.8) is 0 Å². The van der Waals surface area contributed by atoms with E-state index in [-0.39, 0.29) is 24.8 Å². The van der Waals surface area contributed by atoms with Gasteiger partial charge in [-0.3, -0.25) is 9.59 Å². The largest absolute Gasteiger partial charge is 0.467 e. The molecule has 0 saturated carbocycles. The van der Waals surface area contributed by atoms with E-state index in [1.807, 2.05) is 25.1 Å². The van der Waals surface area contributed by atoms with Crippen LogP contribution in [-0.2, 0) is 17.8 Å². The van der Waals surface area contributed by atoms with Crippen LogP contribution in [0.15, 0.2) is 76.0 Å². The van der Waals surface area contributed by atoms with Crippen molar-refractivity contribution in [2.24, 2.45) is 0 Å². The van der Waals surface area contributed by atoms with Gasteiger partial charge in [0.05, 0.1) is 36.7 Å². The van der Waals surface area contributed by atoms with Crippen LogP contribution in [0.4, 0.5) is 5.69 Å². The zero-order chi connectivity index (χ0) is 20.2. The molecule has 0 unspecified atom stereocenters. The van der Waals surface area contributed by atoms with E-state index in [2.05, 4.69) is 10.6 Å². The number of carbonyl (C=O) groups is 2. The molecule has 4 rings (SSSR count). The number of aryl methyl sites for hydroxylation is 1. The Bertz CT molecular complexity index is 1160. The molecule has 0 aliphatic heterocycles. The van der Waals surface area contributed by atoms with Crippen molar-refractivity contribution < 1.29 is 18.4 Å². The van der Waals surface area contributed by atoms with E-state index in [0.29, 0.717) is 17.0 Å². The van der Waals surface area contributed by atoms with Gasteiger partial charge in [0.25, 0.3) is 5.91 Å². The number of hydrogen-bond donors (Lipinski definition) is 2. The molecule has 2 aromatic heterocycles. The molecule has 0 aliphatic rings. The van der Waals surface area contributed by atoms with Crippen LogP contribution >= 0.6 is 0 Å². The van der Waals surface area contributed by atoms with Crippen LogP contribution < -0.4 is 10.6 Å². The molecular weight excluding hydrogens is 368 g/mol. The molecule has 2 aromatic carbocycles. The van der Waals surface area contributed by atoms with Crippen LogP contribution in [0.2, 0.25) is 0 Å². The molecular formula is C23H20N2O4. The number of fused-ring (bicyclic) bond motifs is 1. The van der Waals surface area contributed by atoms with Crippen molar-refractivity contribution >= 4 is 28.5 Å². The van der Waals surface area contributed by atoms with Gasteiger partial charge in [0.1, 0.15) is 11.3 Å². The molecule has 0 bridgehead atoms. The lowest BCUT2D eigenvalue weighted by Gasteiger charge is -2.11. The Labute approximate surface area is 167 Å². The standard InChI is InChI=1S/C23H20N2O4/c1-15-8-9-18-16(14-29-21(18)11-15)12-22(26)25-20-7-3-2-6-19(20)23(27)24-13-17-5-4-10-28-17/h2-11,14H,12-13H2,1H3,(H,24,27)(H,25,26). The molecule has 2 heterocycles. The second-order valence-electron chi connectivity index (χ2n) is 6.79. The highest BCUT2D eigenvalue weighted by atomic mass is 16.3. The highest BCUT2D eigenvalue weighted by Gasteiger charge is 2.15. The lowest BCUT2D eigenvalue weighted by Crippen LogP contribution is -2.25. The SMILES string of the molecule is Cc1ccc2c(CC(=O)Nc3ccccc3C(=O)NCc3ccco3)coc2c1. The van der Waals surface area contributed by atoms with Crippen LogP contribution in [0.5, 0.6) is 0 Å². The Kier molecular flexibility index (Phi) is 5.16. The summed E-state index contributed by atoms with van der Waals surface area (Å²) in [5, 5.41) is 6.54. The third-order valence-corrected chi connectivity index (χ3v) is 4.61. The van der Waals surface area contributed by atoms with Crippen LogP contribution in [0.3, 0.4) is 0 Å². The normalized spacial score (nSPS) is 10.8. The van der Waals surface area contributed by atoms with Gasteiger partial charge in [-0.2, -0.15) is 0 Å². The van der Waals surface area contributed by atoms with Crippen LogP contribution in [-0.4, -0.2) is 11.8 Å². The fraction of sp³-hybridized carbons (Fsp3) is 0.130. The van der Waals surface area contributed by atoms with E-state index in [1.165, 1.54) is 0 Å². The topological polar surface area (TPSA) is 84.5 Å². The summed E-state index contributed by atoms with van der Waals surface area (Å²) in [7, 11) is 0. The summed E-state index contributed by atoms with van der Waals surface area (Å²) in [6, 6.07) is 16.3. The molecule has 0 saturated heterocycles. The molecule has 146 valence electrons. The molecule has 0 aliphatic carbocycles. The first-order valence-corrected chi connectivity index (χ1v) is 9.26. The molecule has 2 amide bonds. The third kappa shape index (κ3) is 4.21. The number of carbonyl (C=O) groups excluding carboxylic acids is 2. The number of para-hydroxylation sites is 1. The van der Waals surface area contributed by atoms with E-state index >= 15 is 0 Å². The Morgan fingerprint density at radius 2 is 1.86 bits per heavy atom. The lowest BCUT2D eigenvalue weighted by atomic mass is 10.1. The minimum absolute atomic E-state index is 0.151. The minimum atomic E-state index is -0.290. The van der Waals surface area contributed by atoms with Gasteiger partial charge in [0.2, 0.25) is 5.91 Å². The summed E-state index contributed by atoms with van der Waals surface area (Å²) in [4.78, 5) is 25.2. The fourth-order valence-electron chi connectivity index (χ4n) is 3.16. The van der Waals surface area contributed by atoms with E-state index in [0.717, 1.165) is 22.1 Å². The average molecular weight is 388 g/mol. The van der Waals surface area contributed by atoms with E-state index in [1.54, 1.807) is 48.9 Å². The van der Waals surface area contributed by atoms with Crippen LogP contribution in [0.25, 0.3) is 11.0 Å². The van der Waals surface area contributed by atoms with Gasteiger partial charge in [-0.15, -0.1) is 0 Å². The van der Waals surface area contributed by atoms with Gasteiger partial charge in [0, 0.05) is 10.9 Å². The number of benzene rings is 2. The van der Waals surface area contributed by atoms with Gasteiger partial charge >= 0.3 is 0 Å². The Hall–Kier alpha value is -3.80. The maximum atomic E-state index is 12.6. The van der Waals surface area contributed by atoms with Crippen LogP contribution in [0.1, 0.15) is 27.2 Å². The van der Waals surface area contributed by atoms with E-state index < -0.39 is 0 Å². The Morgan fingerprint density at radius 1 is 1.00 bits per heavy atom. The zero-order valence-corrected chi connectivity index (χ0v) is 15.9. The highest BCUT2D eigenvalue weighted by molar-refractivity contribution is 6.04. The molecule has 6 nitrogen and oxygen atoms in total. The summed E-state index contributed by atoms with van der Waals surface area (Å²) in [6.45, 7) is 2.26. The number of anilines is 1. The molecule has 0 spiro atoms. The van der Waals surface area contributed by atoms with Gasteiger partial charge in [-0.1, -0.05) is 24.3 Å². The molecule has 0 atom stereocenters. The van der Waals surface area contributed by atoms with Crippen molar-refractivity contribution in [2.45, 2.75) is 19.9 Å². The summed E-state index contributed by atoms with van der Waals surface area (Å²) in [5.74, 6) is 0.142. The van der Waals surface area contributed by atoms with Crippen molar-refractivity contribution in [1.82, 2.24) is 5.32 Å². The quantitative estimate of drug-likeness (QED) is 0.511. The minimum Gasteiger partial charge on any atom is -0.467 e. The summed E-state index contributed by atoms with van der Waals surface area (Å²) in [5.41, 5.74) is 3.50. The number of rotatable bonds is 6. The Balaban J connectivity index is 1.46. The lowest BCUT2D eigenvalue weighted by molar-refractivity contribution is -0.115. The second kappa shape index (κ2) is 8.06. The molecule has 4 aromatic rings. The third-order valence-electron chi connectivity index (χ3n) is 4.61. The Morgan fingerprint density at radius 3 is 2.69 bits per heavy atom. The van der Waals surface area contributed by atoms with Crippen LogP contribution in [0, 0.1) is 6.92 Å². The monoisotopic (exact) mass is 388 g/mol. The van der Waals surface area contributed by atoms with E-state index in [9.17, 15) is 9.59 Å². The molecule has 2 N–H and O–H groups in total. The predicted octanol–water partition coefficient (Wildman–Crippen LogP) is 4.45. The zero-order valence-electron chi connectivity index (χ0n) is 15.9. The van der Waals surface area contributed by atoms with Crippen molar-refractivity contribution in [1.29, 1.82) is 0 Å². The second-order valence-corrected chi connectivity index (χ2v) is 6.79. The van der Waals surface area contributed by atoms with Gasteiger partial charge in [-0.05, 0) is 42.8 Å². The number of nitrogens with one attached hydrogen (secondary N) is 2. The molecule has 29 heavy (non-hydrogen) atoms. The first-order chi connectivity index (χ1) is 14.1. The molecule has 0 radical (unpaired) electrons. The van der Waals surface area contributed by atoms with Gasteiger partial charge < -0.3 is 19.5 Å². The first kappa shape index (κ1) is 18.6. The average Bonchev–Trinajstić information content (AvgIpc) is 3.36. The predicted molar refractivity (Wildman–Crippen MR) is 110 cm³/mol. The van der Waals surface area contributed by atoms with Crippen molar-refractivity contribution in [3.8, 4) is 0 Å². The van der Waals surface area contributed by atoms with Gasteiger partial charge in [-0.25, -0.2) is 0 Å². The summed E-state index contributed by atoms with van der Waals surface area (Å²) >= 11 is 0. The maximum Gasteiger partial charge on any atom is 0.253 e. The molecule has 6 heteroatoms. The van der Waals surface area contributed by atoms with Gasteiger partial charge in [0.15, 0.2) is 0 Å². The summed E-state index contributed by atoms with van der Waals surface area (Å²) in [6.07, 6.45) is 3.31. The number of hydrogen-bond acceptors (Lipinski definition) is 4.